The zero-order chi connectivity index (χ0) is 15.8. The smallest absolute Gasteiger partial charge is 0.142 e. The fourth-order valence-corrected chi connectivity index (χ4v) is 2.01. The maximum Gasteiger partial charge on any atom is 0.142 e. The molecule has 0 heterocycles. The van der Waals surface area contributed by atoms with E-state index in [0.29, 0.717) is 12.3 Å². The number of benzene rings is 1. The molecule has 1 unspecified atom stereocenters. The van der Waals surface area contributed by atoms with Crippen LogP contribution in [0.3, 0.4) is 0 Å². The minimum Gasteiger partial charge on any atom is -0.391 e. The molecule has 118 valence electrons. The fraction of sp³-hybridized carbons (Fsp3) is 0.562. The molecule has 0 aliphatic rings. The van der Waals surface area contributed by atoms with Crippen molar-refractivity contribution < 1.29 is 19.8 Å². The molecule has 0 fully saturated rings. The SMILES string of the molecule is CO[C@H](/C(=N/OCc1ccccc1)[C@@H](O)C(C)O)C(C)C. The maximum atomic E-state index is 10.1. The lowest BCUT2D eigenvalue weighted by Gasteiger charge is -2.25. The van der Waals surface area contributed by atoms with Gasteiger partial charge in [-0.2, -0.15) is 0 Å². The highest BCUT2D eigenvalue weighted by atomic mass is 16.6. The number of aliphatic hydroxyl groups is 2. The van der Waals surface area contributed by atoms with Crippen LogP contribution < -0.4 is 0 Å². The molecule has 5 heteroatoms. The first-order valence-corrected chi connectivity index (χ1v) is 7.10. The van der Waals surface area contributed by atoms with E-state index in [-0.39, 0.29) is 5.92 Å². The zero-order valence-corrected chi connectivity index (χ0v) is 13.1. The quantitative estimate of drug-likeness (QED) is 0.568. The molecular weight excluding hydrogens is 270 g/mol. The summed E-state index contributed by atoms with van der Waals surface area (Å²) in [5, 5.41) is 23.7. The van der Waals surface area contributed by atoms with E-state index in [1.54, 1.807) is 7.11 Å². The molecule has 0 amide bonds. The van der Waals surface area contributed by atoms with Crippen molar-refractivity contribution in [2.45, 2.75) is 45.7 Å². The Bertz CT molecular complexity index is 431. The van der Waals surface area contributed by atoms with Gasteiger partial charge < -0.3 is 19.8 Å². The van der Waals surface area contributed by atoms with Crippen molar-refractivity contribution in [3.63, 3.8) is 0 Å². The van der Waals surface area contributed by atoms with Gasteiger partial charge in [-0.15, -0.1) is 0 Å². The number of methoxy groups -OCH3 is 1. The summed E-state index contributed by atoms with van der Waals surface area (Å²) in [5.41, 5.74) is 1.28. The average Bonchev–Trinajstić information content (AvgIpc) is 2.46. The molecule has 0 bridgehead atoms. The van der Waals surface area contributed by atoms with Gasteiger partial charge in [0.05, 0.1) is 6.10 Å². The first kappa shape index (κ1) is 17.6. The van der Waals surface area contributed by atoms with Crippen molar-refractivity contribution in [2.75, 3.05) is 7.11 Å². The van der Waals surface area contributed by atoms with Crippen molar-refractivity contribution in [2.24, 2.45) is 11.1 Å². The van der Waals surface area contributed by atoms with Gasteiger partial charge in [0.15, 0.2) is 0 Å². The van der Waals surface area contributed by atoms with Crippen LogP contribution in [0.2, 0.25) is 0 Å². The van der Waals surface area contributed by atoms with E-state index in [9.17, 15) is 10.2 Å². The van der Waals surface area contributed by atoms with Crippen LogP contribution in [0.4, 0.5) is 0 Å². The molecular formula is C16H25NO4. The Hall–Kier alpha value is -1.43. The lowest BCUT2D eigenvalue weighted by atomic mass is 9.96. The van der Waals surface area contributed by atoms with E-state index in [0.717, 1.165) is 5.56 Å². The van der Waals surface area contributed by atoms with Crippen LogP contribution in [0.1, 0.15) is 26.3 Å². The lowest BCUT2D eigenvalue weighted by Crippen LogP contribution is -2.42. The van der Waals surface area contributed by atoms with Crippen molar-refractivity contribution in [3.05, 3.63) is 35.9 Å². The minimum atomic E-state index is -1.12. The molecule has 0 saturated carbocycles. The van der Waals surface area contributed by atoms with Gasteiger partial charge >= 0.3 is 0 Å². The largest absolute Gasteiger partial charge is 0.391 e. The summed E-state index contributed by atoms with van der Waals surface area (Å²) in [6, 6.07) is 9.61. The molecule has 5 nitrogen and oxygen atoms in total. The van der Waals surface area contributed by atoms with Crippen LogP contribution >= 0.6 is 0 Å². The molecule has 1 aromatic rings. The number of oxime groups is 1. The van der Waals surface area contributed by atoms with Crippen LogP contribution in [0, 0.1) is 5.92 Å². The summed E-state index contributed by atoms with van der Waals surface area (Å²) in [6.45, 7) is 5.71. The molecule has 3 atom stereocenters. The third-order valence-corrected chi connectivity index (χ3v) is 3.15. The highest BCUT2D eigenvalue weighted by Gasteiger charge is 2.29. The Labute approximate surface area is 126 Å². The van der Waals surface area contributed by atoms with Gasteiger partial charge in [-0.3, -0.25) is 0 Å². The standard InChI is InChI=1S/C16H25NO4/c1-11(2)16(20-4)14(15(19)12(3)18)17-21-10-13-8-6-5-7-9-13/h5-9,11-12,15-16,18-19H,10H2,1-4H3/b17-14+/t12?,15-,16-/m0/s1. The number of nitrogens with zero attached hydrogens (tertiary/aromatic N) is 1. The molecule has 1 aromatic carbocycles. The van der Waals surface area contributed by atoms with Crippen molar-refractivity contribution >= 4 is 5.71 Å². The van der Waals surface area contributed by atoms with Gasteiger partial charge in [-0.25, -0.2) is 0 Å². The normalized spacial score (nSPS) is 16.6. The molecule has 0 radical (unpaired) electrons. The van der Waals surface area contributed by atoms with Gasteiger partial charge in [0.1, 0.15) is 24.5 Å². The molecule has 0 aliphatic heterocycles. The molecule has 2 N–H and O–H groups in total. The number of hydrogen-bond donors (Lipinski definition) is 2. The van der Waals surface area contributed by atoms with Crippen molar-refractivity contribution in [3.8, 4) is 0 Å². The first-order valence-electron chi connectivity index (χ1n) is 7.10. The Balaban J connectivity index is 2.82. The second-order valence-corrected chi connectivity index (χ2v) is 5.36. The van der Waals surface area contributed by atoms with Crippen LogP contribution in [-0.4, -0.2) is 41.3 Å². The van der Waals surface area contributed by atoms with Crippen LogP contribution in [0.15, 0.2) is 35.5 Å². The summed E-state index contributed by atoms with van der Waals surface area (Å²) in [4.78, 5) is 5.32. The van der Waals surface area contributed by atoms with E-state index < -0.39 is 18.3 Å². The highest BCUT2D eigenvalue weighted by molar-refractivity contribution is 5.92. The second kappa shape index (κ2) is 8.77. The fourth-order valence-electron chi connectivity index (χ4n) is 2.01. The van der Waals surface area contributed by atoms with E-state index in [4.69, 9.17) is 9.57 Å². The summed E-state index contributed by atoms with van der Waals surface area (Å²) < 4.78 is 5.37. The second-order valence-electron chi connectivity index (χ2n) is 5.36. The average molecular weight is 295 g/mol. The molecule has 0 aliphatic carbocycles. The molecule has 1 rings (SSSR count). The predicted octanol–water partition coefficient (Wildman–Crippen LogP) is 1.97. The van der Waals surface area contributed by atoms with Gasteiger partial charge in [0, 0.05) is 7.11 Å². The predicted molar refractivity (Wildman–Crippen MR) is 82.0 cm³/mol. The Morgan fingerprint density at radius 2 is 1.76 bits per heavy atom. The minimum absolute atomic E-state index is 0.0995. The third kappa shape index (κ3) is 5.46. The van der Waals surface area contributed by atoms with Gasteiger partial charge in [-0.1, -0.05) is 49.3 Å². The molecule has 21 heavy (non-hydrogen) atoms. The van der Waals surface area contributed by atoms with E-state index >= 15 is 0 Å². The first-order chi connectivity index (χ1) is 9.97. The van der Waals surface area contributed by atoms with Gasteiger partial charge in [0.25, 0.3) is 0 Å². The van der Waals surface area contributed by atoms with Crippen LogP contribution in [0.5, 0.6) is 0 Å². The van der Waals surface area contributed by atoms with E-state index in [1.165, 1.54) is 6.92 Å². The lowest BCUT2D eigenvalue weighted by molar-refractivity contribution is 0.0428. The Morgan fingerprint density at radius 3 is 2.24 bits per heavy atom. The van der Waals surface area contributed by atoms with Crippen LogP contribution in [0.25, 0.3) is 0 Å². The van der Waals surface area contributed by atoms with Gasteiger partial charge in [-0.05, 0) is 18.4 Å². The third-order valence-electron chi connectivity index (χ3n) is 3.15. The number of aliphatic hydroxyl groups excluding tert-OH is 2. The van der Waals surface area contributed by atoms with E-state index in [1.807, 2.05) is 44.2 Å². The van der Waals surface area contributed by atoms with Gasteiger partial charge in [0.2, 0.25) is 0 Å². The van der Waals surface area contributed by atoms with Crippen molar-refractivity contribution in [1.82, 2.24) is 0 Å². The highest BCUT2D eigenvalue weighted by Crippen LogP contribution is 2.13. The van der Waals surface area contributed by atoms with Crippen LogP contribution in [-0.2, 0) is 16.2 Å². The maximum absolute atomic E-state index is 10.1. The summed E-state index contributed by atoms with van der Waals surface area (Å²) in [5.74, 6) is 0.0995. The topological polar surface area (TPSA) is 71.3 Å². The monoisotopic (exact) mass is 295 g/mol. The summed E-state index contributed by atoms with van der Waals surface area (Å²) in [7, 11) is 1.55. The summed E-state index contributed by atoms with van der Waals surface area (Å²) >= 11 is 0. The number of rotatable bonds is 8. The molecule has 0 saturated heterocycles. The zero-order valence-electron chi connectivity index (χ0n) is 13.1. The Morgan fingerprint density at radius 1 is 1.14 bits per heavy atom. The van der Waals surface area contributed by atoms with E-state index in [2.05, 4.69) is 5.16 Å². The molecule has 0 spiro atoms. The number of hydrogen-bond acceptors (Lipinski definition) is 5. The molecule has 0 aromatic heterocycles. The number of ether oxygens (including phenoxy) is 1. The van der Waals surface area contributed by atoms with Crippen molar-refractivity contribution in [1.29, 1.82) is 0 Å². The Kier molecular flexibility index (Phi) is 7.36. The summed E-state index contributed by atoms with van der Waals surface area (Å²) in [6.07, 6.45) is -2.47.